The van der Waals surface area contributed by atoms with Gasteiger partial charge in [0.2, 0.25) is 0 Å². The van der Waals surface area contributed by atoms with Crippen LogP contribution in [0.3, 0.4) is 0 Å². The summed E-state index contributed by atoms with van der Waals surface area (Å²) < 4.78 is 1.65. The van der Waals surface area contributed by atoms with Gasteiger partial charge in [-0.25, -0.2) is 0 Å². The van der Waals surface area contributed by atoms with Crippen molar-refractivity contribution >= 4 is 0 Å². The van der Waals surface area contributed by atoms with Gasteiger partial charge in [0.25, 0.3) is 0 Å². The summed E-state index contributed by atoms with van der Waals surface area (Å²) in [6, 6.07) is 0. The van der Waals surface area contributed by atoms with Crippen molar-refractivity contribution in [1.29, 1.82) is 0 Å². The van der Waals surface area contributed by atoms with E-state index >= 15 is 0 Å². The number of aliphatic hydroxyl groups excluding tert-OH is 1. The molecule has 0 bridgehead atoms. The molecule has 0 aliphatic carbocycles. The quantitative estimate of drug-likeness (QED) is 0.691. The Labute approximate surface area is 75.0 Å². The summed E-state index contributed by atoms with van der Waals surface area (Å²) in [5, 5.41) is 20.2. The smallest absolute Gasteiger partial charge is 0.110 e. The normalized spacial score (nSPS) is 13.1. The van der Waals surface area contributed by atoms with E-state index in [0.29, 0.717) is 0 Å². The van der Waals surface area contributed by atoms with Gasteiger partial charge in [0.05, 0.1) is 12.4 Å². The van der Waals surface area contributed by atoms with Crippen molar-refractivity contribution in [3.63, 3.8) is 0 Å². The number of H-pyrrole nitrogens is 1. The number of hydrogen-bond acceptors (Lipinski definition) is 3. The summed E-state index contributed by atoms with van der Waals surface area (Å²) in [5.74, 6) is 0. The Bertz CT molecular complexity index is 379. The highest BCUT2D eigenvalue weighted by Gasteiger charge is 2.12. The zero-order chi connectivity index (χ0) is 9.26. The van der Waals surface area contributed by atoms with Crippen molar-refractivity contribution in [2.45, 2.75) is 6.10 Å². The van der Waals surface area contributed by atoms with Crippen LogP contribution in [0.15, 0.2) is 24.8 Å². The Morgan fingerprint density at radius 2 is 2.31 bits per heavy atom. The Hall–Kier alpha value is -1.62. The lowest BCUT2D eigenvalue weighted by atomic mass is 10.1. The van der Waals surface area contributed by atoms with Gasteiger partial charge in [-0.15, -0.1) is 0 Å². The van der Waals surface area contributed by atoms with E-state index in [0.717, 1.165) is 11.1 Å². The van der Waals surface area contributed by atoms with E-state index in [1.54, 1.807) is 29.5 Å². The van der Waals surface area contributed by atoms with Gasteiger partial charge in [0, 0.05) is 30.6 Å². The van der Waals surface area contributed by atoms with E-state index < -0.39 is 6.10 Å². The van der Waals surface area contributed by atoms with Crippen LogP contribution in [0.25, 0.3) is 0 Å². The summed E-state index contributed by atoms with van der Waals surface area (Å²) in [4.78, 5) is 0. The molecule has 0 aliphatic rings. The number of aliphatic hydroxyl groups is 1. The first-order valence-corrected chi connectivity index (χ1v) is 3.92. The van der Waals surface area contributed by atoms with E-state index in [1.165, 1.54) is 0 Å². The minimum absolute atomic E-state index is 0.646. The van der Waals surface area contributed by atoms with Gasteiger partial charge in [0.1, 0.15) is 6.10 Å². The molecule has 0 aromatic carbocycles. The minimum atomic E-state index is -0.646. The van der Waals surface area contributed by atoms with E-state index in [2.05, 4.69) is 15.3 Å². The van der Waals surface area contributed by atoms with Crippen molar-refractivity contribution in [2.24, 2.45) is 7.05 Å². The van der Waals surface area contributed by atoms with E-state index in [-0.39, 0.29) is 0 Å². The predicted molar refractivity (Wildman–Crippen MR) is 45.9 cm³/mol. The largest absolute Gasteiger partial charge is 0.383 e. The number of hydrogen-bond donors (Lipinski definition) is 2. The first-order valence-electron chi connectivity index (χ1n) is 3.92. The Kier molecular flexibility index (Phi) is 1.86. The molecule has 0 fully saturated rings. The zero-order valence-electron chi connectivity index (χ0n) is 7.18. The molecule has 0 amide bonds. The van der Waals surface area contributed by atoms with Crippen LogP contribution in [0, 0.1) is 0 Å². The molecule has 0 aliphatic heterocycles. The molecule has 5 heteroatoms. The van der Waals surface area contributed by atoms with E-state index in [9.17, 15) is 5.11 Å². The van der Waals surface area contributed by atoms with Gasteiger partial charge in [-0.2, -0.15) is 10.2 Å². The second kappa shape index (κ2) is 3.02. The highest BCUT2D eigenvalue weighted by atomic mass is 16.3. The van der Waals surface area contributed by atoms with Gasteiger partial charge in [0.15, 0.2) is 0 Å². The molecule has 0 spiro atoms. The fourth-order valence-corrected chi connectivity index (χ4v) is 1.18. The minimum Gasteiger partial charge on any atom is -0.383 e. The molecular weight excluding hydrogens is 168 g/mol. The summed E-state index contributed by atoms with van der Waals surface area (Å²) in [6.07, 6.45) is 6.03. The number of rotatable bonds is 2. The van der Waals surface area contributed by atoms with Crippen LogP contribution in [0.2, 0.25) is 0 Å². The van der Waals surface area contributed by atoms with Gasteiger partial charge in [-0.3, -0.25) is 9.78 Å². The highest BCUT2D eigenvalue weighted by molar-refractivity contribution is 5.21. The lowest BCUT2D eigenvalue weighted by Crippen LogP contribution is -1.96. The molecule has 2 heterocycles. The lowest BCUT2D eigenvalue weighted by molar-refractivity contribution is 0.220. The van der Waals surface area contributed by atoms with Crippen LogP contribution in [-0.4, -0.2) is 25.1 Å². The molecule has 1 unspecified atom stereocenters. The molecule has 0 saturated heterocycles. The molecule has 0 saturated carbocycles. The van der Waals surface area contributed by atoms with Crippen molar-refractivity contribution in [3.05, 3.63) is 35.9 Å². The fraction of sp³-hybridized carbons (Fsp3) is 0.250. The standard InChI is InChI=1S/C8H10N4O/c1-12-5-7(4-11-12)8(13)6-2-9-10-3-6/h2-5,8,13H,1H3,(H,9,10). The Balaban J connectivity index is 2.28. The molecule has 2 N–H and O–H groups in total. The molecular formula is C8H10N4O. The third kappa shape index (κ3) is 1.46. The molecule has 2 rings (SSSR count). The van der Waals surface area contributed by atoms with Crippen LogP contribution < -0.4 is 0 Å². The van der Waals surface area contributed by atoms with Gasteiger partial charge >= 0.3 is 0 Å². The number of nitrogens with one attached hydrogen (secondary N) is 1. The Morgan fingerprint density at radius 3 is 2.85 bits per heavy atom. The zero-order valence-corrected chi connectivity index (χ0v) is 7.18. The van der Waals surface area contributed by atoms with Gasteiger partial charge < -0.3 is 5.11 Å². The second-order valence-electron chi connectivity index (χ2n) is 2.88. The molecule has 1 atom stereocenters. The van der Waals surface area contributed by atoms with Crippen molar-refractivity contribution < 1.29 is 5.11 Å². The van der Waals surface area contributed by atoms with Crippen LogP contribution in [0.5, 0.6) is 0 Å². The summed E-state index contributed by atoms with van der Waals surface area (Å²) in [7, 11) is 1.81. The van der Waals surface area contributed by atoms with Crippen molar-refractivity contribution in [2.75, 3.05) is 0 Å². The summed E-state index contributed by atoms with van der Waals surface area (Å²) in [5.41, 5.74) is 1.51. The topological polar surface area (TPSA) is 66.7 Å². The van der Waals surface area contributed by atoms with Crippen LogP contribution in [0.1, 0.15) is 17.2 Å². The lowest BCUT2D eigenvalue weighted by Gasteiger charge is -2.03. The number of aromatic amines is 1. The molecule has 68 valence electrons. The molecule has 2 aromatic rings. The first kappa shape index (κ1) is 8.00. The van der Waals surface area contributed by atoms with Crippen molar-refractivity contribution in [3.8, 4) is 0 Å². The summed E-state index contributed by atoms with van der Waals surface area (Å²) >= 11 is 0. The predicted octanol–water partition coefficient (Wildman–Crippen LogP) is 0.225. The maximum atomic E-state index is 9.78. The van der Waals surface area contributed by atoms with Crippen LogP contribution >= 0.6 is 0 Å². The average Bonchev–Trinajstić information content (AvgIpc) is 2.72. The number of aryl methyl sites for hydroxylation is 1. The maximum Gasteiger partial charge on any atom is 0.110 e. The van der Waals surface area contributed by atoms with E-state index in [1.807, 2.05) is 7.05 Å². The fourth-order valence-electron chi connectivity index (χ4n) is 1.18. The van der Waals surface area contributed by atoms with Crippen molar-refractivity contribution in [1.82, 2.24) is 20.0 Å². The van der Waals surface area contributed by atoms with E-state index in [4.69, 9.17) is 0 Å². The monoisotopic (exact) mass is 178 g/mol. The SMILES string of the molecule is Cn1cc(C(O)c2cn[nH]c2)cn1. The first-order chi connectivity index (χ1) is 6.27. The van der Waals surface area contributed by atoms with Crippen LogP contribution in [0.4, 0.5) is 0 Å². The number of aromatic nitrogens is 4. The molecule has 0 radical (unpaired) electrons. The van der Waals surface area contributed by atoms with Crippen LogP contribution in [-0.2, 0) is 7.05 Å². The maximum absolute atomic E-state index is 9.78. The average molecular weight is 178 g/mol. The Morgan fingerprint density at radius 1 is 1.46 bits per heavy atom. The molecule has 13 heavy (non-hydrogen) atoms. The number of nitrogens with zero attached hydrogens (tertiary/aromatic N) is 3. The highest BCUT2D eigenvalue weighted by Crippen LogP contribution is 2.19. The second-order valence-corrected chi connectivity index (χ2v) is 2.88. The van der Waals surface area contributed by atoms with Gasteiger partial charge in [-0.1, -0.05) is 0 Å². The molecule has 2 aromatic heterocycles. The molecule has 5 nitrogen and oxygen atoms in total. The summed E-state index contributed by atoms with van der Waals surface area (Å²) in [6.45, 7) is 0. The van der Waals surface area contributed by atoms with Gasteiger partial charge in [-0.05, 0) is 0 Å². The third-order valence-electron chi connectivity index (χ3n) is 1.88. The third-order valence-corrected chi connectivity index (χ3v) is 1.88.